The van der Waals surface area contributed by atoms with Gasteiger partial charge in [0.05, 0.1) is 0 Å². The molecule has 0 aromatic rings. The Morgan fingerprint density at radius 3 is 2.68 bits per heavy atom. The van der Waals surface area contributed by atoms with Gasteiger partial charge >= 0.3 is 0 Å². The van der Waals surface area contributed by atoms with Crippen LogP contribution in [0, 0.1) is 16.7 Å². The number of Topliss-reactive ketones (excluding diaryl/α,β-unsaturated/α-hetero) is 1. The lowest BCUT2D eigenvalue weighted by molar-refractivity contribution is -0.140. The van der Waals surface area contributed by atoms with Crippen molar-refractivity contribution in [2.45, 2.75) is 70.5 Å². The van der Waals surface area contributed by atoms with Gasteiger partial charge in [0, 0.05) is 16.6 Å². The van der Waals surface area contributed by atoms with Gasteiger partial charge in [-0.3, -0.25) is 4.79 Å². The normalized spacial score (nSPS) is 45.2. The van der Waals surface area contributed by atoms with E-state index in [0.717, 1.165) is 25.7 Å². The Kier molecular flexibility index (Phi) is 2.98. The highest BCUT2D eigenvalue weighted by atomic mass is 32.1. The average Bonchev–Trinajstić information content (AvgIpc) is 2.34. The maximum Gasteiger partial charge on any atom is 0.138 e. The molecular formula is C17H26OS. The molecule has 0 amide bonds. The van der Waals surface area contributed by atoms with Crippen molar-refractivity contribution in [1.29, 1.82) is 0 Å². The molecule has 0 saturated heterocycles. The third-order valence-corrected chi connectivity index (χ3v) is 7.02. The quantitative estimate of drug-likeness (QED) is 0.507. The second-order valence-corrected chi connectivity index (χ2v) is 8.55. The van der Waals surface area contributed by atoms with Crippen molar-refractivity contribution in [3.05, 3.63) is 11.6 Å². The standard InChI is InChI=1S/C17H26OS/c1-15(2)12-7-11-17(19)9-5-4-6-13(17)16(12,3)10-8-14(15)18/h6,12,19H,4-5,7-11H2,1-3H3. The molecule has 0 radical (unpaired) electrons. The van der Waals surface area contributed by atoms with E-state index in [2.05, 4.69) is 26.8 Å². The summed E-state index contributed by atoms with van der Waals surface area (Å²) in [4.78, 5) is 12.3. The zero-order chi connectivity index (χ0) is 13.9. The van der Waals surface area contributed by atoms with Crippen LogP contribution in [0.3, 0.4) is 0 Å². The first-order valence-corrected chi connectivity index (χ1v) is 8.22. The Morgan fingerprint density at radius 2 is 1.95 bits per heavy atom. The molecule has 0 bridgehead atoms. The van der Waals surface area contributed by atoms with Crippen LogP contribution < -0.4 is 0 Å². The second-order valence-electron chi connectivity index (χ2n) is 7.70. The van der Waals surface area contributed by atoms with Crippen molar-refractivity contribution in [3.8, 4) is 0 Å². The Balaban J connectivity index is 2.07. The summed E-state index contributed by atoms with van der Waals surface area (Å²) in [6.45, 7) is 6.76. The van der Waals surface area contributed by atoms with Crippen molar-refractivity contribution in [2.24, 2.45) is 16.7 Å². The highest BCUT2D eigenvalue weighted by Gasteiger charge is 2.58. The summed E-state index contributed by atoms with van der Waals surface area (Å²) in [7, 11) is 0. The molecule has 0 spiro atoms. The minimum atomic E-state index is -0.152. The molecule has 2 heteroatoms. The van der Waals surface area contributed by atoms with Gasteiger partial charge in [-0.15, -0.1) is 0 Å². The van der Waals surface area contributed by atoms with Crippen LogP contribution in [-0.4, -0.2) is 10.5 Å². The van der Waals surface area contributed by atoms with E-state index in [0.29, 0.717) is 11.7 Å². The molecule has 0 aliphatic heterocycles. The van der Waals surface area contributed by atoms with E-state index in [-0.39, 0.29) is 15.6 Å². The molecule has 2 fully saturated rings. The fourth-order valence-corrected chi connectivity index (χ4v) is 5.87. The summed E-state index contributed by atoms with van der Waals surface area (Å²) in [6.07, 6.45) is 10.3. The van der Waals surface area contributed by atoms with Gasteiger partial charge in [0.1, 0.15) is 5.78 Å². The lowest BCUT2D eigenvalue weighted by Gasteiger charge is -2.59. The molecule has 19 heavy (non-hydrogen) atoms. The molecule has 3 rings (SSSR count). The van der Waals surface area contributed by atoms with Crippen LogP contribution in [0.4, 0.5) is 0 Å². The molecular weight excluding hydrogens is 252 g/mol. The van der Waals surface area contributed by atoms with E-state index in [4.69, 9.17) is 12.6 Å². The van der Waals surface area contributed by atoms with E-state index < -0.39 is 0 Å². The summed E-state index contributed by atoms with van der Waals surface area (Å²) >= 11 is 5.07. The fraction of sp³-hybridized carbons (Fsp3) is 0.824. The van der Waals surface area contributed by atoms with Gasteiger partial charge < -0.3 is 0 Å². The number of allylic oxidation sites excluding steroid dienone is 1. The van der Waals surface area contributed by atoms with Gasteiger partial charge in [0.25, 0.3) is 0 Å². The monoisotopic (exact) mass is 278 g/mol. The second kappa shape index (κ2) is 4.13. The Labute approximate surface area is 122 Å². The number of ketones is 1. The summed E-state index contributed by atoms with van der Waals surface area (Å²) in [5.41, 5.74) is 1.63. The van der Waals surface area contributed by atoms with Crippen molar-refractivity contribution in [2.75, 3.05) is 0 Å². The average molecular weight is 278 g/mol. The molecule has 3 aliphatic carbocycles. The molecule has 0 aromatic carbocycles. The molecule has 0 N–H and O–H groups in total. The Morgan fingerprint density at radius 1 is 1.21 bits per heavy atom. The lowest BCUT2D eigenvalue weighted by atomic mass is 9.47. The van der Waals surface area contributed by atoms with Crippen LogP contribution in [-0.2, 0) is 4.79 Å². The van der Waals surface area contributed by atoms with Crippen LogP contribution in [0.2, 0.25) is 0 Å². The van der Waals surface area contributed by atoms with Crippen LogP contribution in [0.25, 0.3) is 0 Å². The smallest absolute Gasteiger partial charge is 0.138 e. The molecule has 3 atom stereocenters. The van der Waals surface area contributed by atoms with Crippen molar-refractivity contribution in [3.63, 3.8) is 0 Å². The van der Waals surface area contributed by atoms with E-state index >= 15 is 0 Å². The molecule has 0 heterocycles. The predicted molar refractivity (Wildman–Crippen MR) is 82.5 cm³/mol. The Bertz CT molecular complexity index is 450. The van der Waals surface area contributed by atoms with Crippen LogP contribution in [0.5, 0.6) is 0 Å². The largest absolute Gasteiger partial charge is 0.299 e. The van der Waals surface area contributed by atoms with Gasteiger partial charge in [-0.1, -0.05) is 32.4 Å². The first-order chi connectivity index (χ1) is 8.81. The molecule has 0 aromatic heterocycles. The van der Waals surface area contributed by atoms with E-state index in [9.17, 15) is 4.79 Å². The molecule has 3 aliphatic rings. The number of thiol groups is 1. The lowest BCUT2D eigenvalue weighted by Crippen LogP contribution is -2.55. The van der Waals surface area contributed by atoms with Crippen LogP contribution in [0.1, 0.15) is 65.7 Å². The fourth-order valence-electron chi connectivity index (χ4n) is 5.24. The van der Waals surface area contributed by atoms with Crippen LogP contribution in [0.15, 0.2) is 11.6 Å². The molecule has 3 unspecified atom stereocenters. The van der Waals surface area contributed by atoms with E-state index in [1.165, 1.54) is 19.3 Å². The first-order valence-electron chi connectivity index (χ1n) is 7.77. The summed E-state index contributed by atoms with van der Waals surface area (Å²) in [5, 5.41) is 0. The number of carbonyl (C=O) groups excluding carboxylic acids is 1. The summed E-state index contributed by atoms with van der Waals surface area (Å²) in [6, 6.07) is 0. The zero-order valence-corrected chi connectivity index (χ0v) is 13.4. The maximum atomic E-state index is 12.3. The highest BCUT2D eigenvalue weighted by Crippen LogP contribution is 2.63. The third-order valence-electron chi connectivity index (χ3n) is 6.34. The third kappa shape index (κ3) is 1.78. The molecule has 106 valence electrons. The van der Waals surface area contributed by atoms with Crippen molar-refractivity contribution >= 4 is 18.4 Å². The van der Waals surface area contributed by atoms with Crippen LogP contribution >= 0.6 is 12.6 Å². The van der Waals surface area contributed by atoms with Gasteiger partial charge in [-0.25, -0.2) is 0 Å². The molecule has 2 saturated carbocycles. The van der Waals surface area contributed by atoms with Gasteiger partial charge in [-0.2, -0.15) is 12.6 Å². The first kappa shape index (κ1) is 13.7. The zero-order valence-electron chi connectivity index (χ0n) is 12.5. The Hall–Kier alpha value is -0.240. The number of hydrogen-bond acceptors (Lipinski definition) is 2. The summed E-state index contributed by atoms with van der Waals surface area (Å²) < 4.78 is 0.125. The predicted octanol–water partition coefficient (Wildman–Crippen LogP) is 4.57. The van der Waals surface area contributed by atoms with Gasteiger partial charge in [-0.05, 0) is 49.9 Å². The van der Waals surface area contributed by atoms with E-state index in [1.807, 2.05) is 0 Å². The van der Waals surface area contributed by atoms with Gasteiger partial charge in [0.2, 0.25) is 0 Å². The van der Waals surface area contributed by atoms with Gasteiger partial charge in [0.15, 0.2) is 0 Å². The minimum absolute atomic E-state index is 0.125. The number of rotatable bonds is 0. The number of hydrogen-bond donors (Lipinski definition) is 1. The topological polar surface area (TPSA) is 17.1 Å². The van der Waals surface area contributed by atoms with E-state index in [1.54, 1.807) is 5.57 Å². The number of carbonyl (C=O) groups is 1. The van der Waals surface area contributed by atoms with Crippen molar-refractivity contribution < 1.29 is 4.79 Å². The molecule has 1 nitrogen and oxygen atoms in total. The van der Waals surface area contributed by atoms with Crippen molar-refractivity contribution in [1.82, 2.24) is 0 Å². The highest BCUT2D eigenvalue weighted by molar-refractivity contribution is 7.82. The minimum Gasteiger partial charge on any atom is -0.299 e. The summed E-state index contributed by atoms with van der Waals surface area (Å²) in [5.74, 6) is 0.976. The number of fused-ring (bicyclic) bond motifs is 3. The maximum absolute atomic E-state index is 12.3. The SMILES string of the molecule is CC1(C)C(=O)CCC2(C)C3=CCCCC3(S)CCC12.